The van der Waals surface area contributed by atoms with Crippen molar-refractivity contribution in [1.29, 1.82) is 0 Å². The van der Waals surface area contributed by atoms with Crippen molar-refractivity contribution in [2.75, 3.05) is 13.1 Å². The van der Waals surface area contributed by atoms with Gasteiger partial charge in [-0.3, -0.25) is 10.1 Å². The van der Waals surface area contributed by atoms with E-state index in [4.69, 9.17) is 0 Å². The summed E-state index contributed by atoms with van der Waals surface area (Å²) in [6.45, 7) is 0.00760. The van der Waals surface area contributed by atoms with Crippen molar-refractivity contribution < 1.29 is 13.6 Å². The van der Waals surface area contributed by atoms with Gasteiger partial charge in [0.25, 0.3) is 5.92 Å². The molecule has 2 N–H and O–H groups in total. The molecule has 1 atom stereocenters. The van der Waals surface area contributed by atoms with Gasteiger partial charge >= 0.3 is 0 Å². The summed E-state index contributed by atoms with van der Waals surface area (Å²) in [7, 11) is 0. The molecule has 0 saturated carbocycles. The molecule has 1 aromatic rings. The van der Waals surface area contributed by atoms with Gasteiger partial charge in [0, 0.05) is 31.0 Å². The summed E-state index contributed by atoms with van der Waals surface area (Å²) in [6, 6.07) is -0.777. The molecular weight excluding hydrogens is 248 g/mol. The Morgan fingerprint density at radius 1 is 1.71 bits per heavy atom. The molecule has 0 aliphatic carbocycles. The summed E-state index contributed by atoms with van der Waals surface area (Å²) < 4.78 is 25.7. The summed E-state index contributed by atoms with van der Waals surface area (Å²) in [6.07, 6.45) is 1.91. The predicted octanol–water partition coefficient (Wildman–Crippen LogP) is 0.799. The topological polar surface area (TPSA) is 54.0 Å². The first-order valence-corrected chi connectivity index (χ1v) is 6.22. The number of carbonyl (C=O) groups excluding carboxylic acids is 1. The second-order valence-electron chi connectivity index (χ2n) is 3.96. The zero-order valence-electron chi connectivity index (χ0n) is 9.08. The number of carbonyl (C=O) groups is 1. The van der Waals surface area contributed by atoms with Gasteiger partial charge < -0.3 is 5.32 Å². The third-order valence-electron chi connectivity index (χ3n) is 2.55. The number of aromatic nitrogens is 1. The normalized spacial score (nSPS) is 22.6. The Morgan fingerprint density at radius 3 is 3.12 bits per heavy atom. The Bertz CT molecular complexity index is 383. The van der Waals surface area contributed by atoms with Gasteiger partial charge in [0.05, 0.1) is 17.6 Å². The summed E-state index contributed by atoms with van der Waals surface area (Å²) in [4.78, 5) is 15.6. The average molecular weight is 261 g/mol. The number of hydrogen-bond donors (Lipinski definition) is 2. The molecule has 1 aliphatic heterocycles. The first kappa shape index (κ1) is 12.4. The van der Waals surface area contributed by atoms with Gasteiger partial charge in [0.15, 0.2) is 0 Å². The Hall–Kier alpha value is -1.08. The summed E-state index contributed by atoms with van der Waals surface area (Å²) in [5.41, 5.74) is 0. The molecule has 94 valence electrons. The van der Waals surface area contributed by atoms with Crippen molar-refractivity contribution in [1.82, 2.24) is 15.6 Å². The largest absolute Gasteiger partial charge is 0.354 e. The van der Waals surface area contributed by atoms with E-state index in [-0.39, 0.29) is 5.91 Å². The second-order valence-corrected chi connectivity index (χ2v) is 4.94. The van der Waals surface area contributed by atoms with Crippen LogP contribution in [0.1, 0.15) is 11.4 Å². The van der Waals surface area contributed by atoms with Crippen LogP contribution in [0.5, 0.6) is 0 Å². The van der Waals surface area contributed by atoms with E-state index in [1.165, 1.54) is 11.3 Å². The summed E-state index contributed by atoms with van der Waals surface area (Å²) >= 11 is 1.51. The smallest absolute Gasteiger partial charge is 0.262 e. The van der Waals surface area contributed by atoms with E-state index in [1.807, 2.05) is 5.38 Å². The highest BCUT2D eigenvalue weighted by molar-refractivity contribution is 7.09. The number of halogens is 2. The van der Waals surface area contributed by atoms with E-state index in [0.717, 1.165) is 5.01 Å². The third-order valence-corrected chi connectivity index (χ3v) is 3.39. The lowest BCUT2D eigenvalue weighted by Crippen LogP contribution is -2.41. The van der Waals surface area contributed by atoms with E-state index < -0.39 is 24.9 Å². The molecule has 7 heteroatoms. The maximum Gasteiger partial charge on any atom is 0.262 e. The van der Waals surface area contributed by atoms with Crippen LogP contribution in [0.3, 0.4) is 0 Å². The van der Waals surface area contributed by atoms with Crippen LogP contribution in [0, 0.1) is 0 Å². The van der Waals surface area contributed by atoms with Gasteiger partial charge in [-0.15, -0.1) is 11.3 Å². The lowest BCUT2D eigenvalue weighted by atomic mass is 10.2. The standard InChI is InChI=1S/C10H13F2N3OS/c11-10(12)5-7(15-6-10)9(16)14-2-1-8-13-3-4-17-8/h3-4,7,15H,1-2,5-6H2,(H,14,16). The highest BCUT2D eigenvalue weighted by atomic mass is 32.1. The molecule has 1 saturated heterocycles. The van der Waals surface area contributed by atoms with Crippen LogP contribution in [0.2, 0.25) is 0 Å². The van der Waals surface area contributed by atoms with Crippen LogP contribution in [0.15, 0.2) is 11.6 Å². The predicted molar refractivity (Wildman–Crippen MR) is 60.2 cm³/mol. The fraction of sp³-hybridized carbons (Fsp3) is 0.600. The fourth-order valence-electron chi connectivity index (χ4n) is 1.69. The first-order valence-electron chi connectivity index (χ1n) is 5.34. The number of nitrogens with one attached hydrogen (secondary N) is 2. The molecular formula is C10H13F2N3OS. The summed E-state index contributed by atoms with van der Waals surface area (Å²) in [5.74, 6) is -3.13. The van der Waals surface area contributed by atoms with Gasteiger partial charge in [0.2, 0.25) is 5.91 Å². The monoisotopic (exact) mass is 261 g/mol. The molecule has 0 aromatic carbocycles. The molecule has 1 unspecified atom stereocenters. The highest BCUT2D eigenvalue weighted by Gasteiger charge is 2.42. The van der Waals surface area contributed by atoms with Crippen molar-refractivity contribution in [3.63, 3.8) is 0 Å². The maximum atomic E-state index is 12.8. The van der Waals surface area contributed by atoms with Crippen molar-refractivity contribution >= 4 is 17.2 Å². The third kappa shape index (κ3) is 3.44. The first-order chi connectivity index (χ1) is 8.07. The molecule has 17 heavy (non-hydrogen) atoms. The van der Waals surface area contributed by atoms with Crippen molar-refractivity contribution in [3.8, 4) is 0 Å². The lowest BCUT2D eigenvalue weighted by molar-refractivity contribution is -0.123. The molecule has 0 radical (unpaired) electrons. The van der Waals surface area contributed by atoms with Crippen molar-refractivity contribution in [3.05, 3.63) is 16.6 Å². The maximum absolute atomic E-state index is 12.8. The van der Waals surface area contributed by atoms with E-state index >= 15 is 0 Å². The number of thiazole rings is 1. The highest BCUT2D eigenvalue weighted by Crippen LogP contribution is 2.24. The second kappa shape index (κ2) is 5.05. The number of rotatable bonds is 4. The van der Waals surface area contributed by atoms with Gasteiger partial charge in [-0.1, -0.05) is 0 Å². The van der Waals surface area contributed by atoms with E-state index in [2.05, 4.69) is 15.6 Å². The van der Waals surface area contributed by atoms with Gasteiger partial charge in [0.1, 0.15) is 0 Å². The minimum atomic E-state index is -2.77. The number of amides is 1. The Morgan fingerprint density at radius 2 is 2.53 bits per heavy atom. The SMILES string of the molecule is O=C(NCCc1nccs1)C1CC(F)(F)CN1. The van der Waals surface area contributed by atoms with E-state index in [0.29, 0.717) is 13.0 Å². The molecule has 0 bridgehead atoms. The van der Waals surface area contributed by atoms with Crippen LogP contribution in [-0.2, 0) is 11.2 Å². The Balaban J connectivity index is 1.71. The molecule has 1 aromatic heterocycles. The number of hydrogen-bond acceptors (Lipinski definition) is 4. The van der Waals surface area contributed by atoms with Crippen LogP contribution < -0.4 is 10.6 Å². The van der Waals surface area contributed by atoms with Crippen molar-refractivity contribution in [2.24, 2.45) is 0 Å². The Kier molecular flexibility index (Phi) is 3.68. The molecule has 2 heterocycles. The number of nitrogens with zero attached hydrogens (tertiary/aromatic N) is 1. The van der Waals surface area contributed by atoms with E-state index in [1.54, 1.807) is 6.20 Å². The lowest BCUT2D eigenvalue weighted by Gasteiger charge is -2.10. The molecule has 1 fully saturated rings. The van der Waals surface area contributed by atoms with Gasteiger partial charge in [-0.05, 0) is 0 Å². The number of alkyl halides is 2. The molecule has 0 spiro atoms. The molecule has 4 nitrogen and oxygen atoms in total. The molecule has 1 amide bonds. The quantitative estimate of drug-likeness (QED) is 0.843. The van der Waals surface area contributed by atoms with Crippen LogP contribution >= 0.6 is 11.3 Å². The fourth-order valence-corrected chi connectivity index (χ4v) is 2.31. The zero-order chi connectivity index (χ0) is 12.3. The zero-order valence-corrected chi connectivity index (χ0v) is 9.90. The van der Waals surface area contributed by atoms with Gasteiger partial charge in [-0.2, -0.15) is 0 Å². The Labute approximate surface area is 101 Å². The summed E-state index contributed by atoms with van der Waals surface area (Å²) in [5, 5.41) is 7.93. The average Bonchev–Trinajstić information content (AvgIpc) is 2.87. The van der Waals surface area contributed by atoms with Crippen LogP contribution in [-0.4, -0.2) is 35.9 Å². The minimum Gasteiger partial charge on any atom is -0.354 e. The van der Waals surface area contributed by atoms with Crippen LogP contribution in [0.4, 0.5) is 8.78 Å². The molecule has 1 aliphatic rings. The van der Waals surface area contributed by atoms with E-state index in [9.17, 15) is 13.6 Å². The molecule has 2 rings (SSSR count). The van der Waals surface area contributed by atoms with Gasteiger partial charge in [-0.25, -0.2) is 13.8 Å². The van der Waals surface area contributed by atoms with Crippen molar-refractivity contribution in [2.45, 2.75) is 24.8 Å². The van der Waals surface area contributed by atoms with Crippen LogP contribution in [0.25, 0.3) is 0 Å². The minimum absolute atomic E-state index is 0.362.